The molecule has 2 aromatic heterocycles. The SMILES string of the molecule is Cc1ccc(OCCC(=O)N2CCC(c3nnc4ccccn34)CC2)cc1C. The first-order valence-electron chi connectivity index (χ1n) is 9.89. The largest absolute Gasteiger partial charge is 0.493 e. The number of aromatic nitrogens is 3. The lowest BCUT2D eigenvalue weighted by atomic mass is 9.96. The highest BCUT2D eigenvalue weighted by atomic mass is 16.5. The Balaban J connectivity index is 1.27. The first kappa shape index (κ1) is 18.5. The van der Waals surface area contributed by atoms with Crippen LogP contribution in [0.3, 0.4) is 0 Å². The van der Waals surface area contributed by atoms with Crippen molar-refractivity contribution in [1.29, 1.82) is 0 Å². The van der Waals surface area contributed by atoms with Crippen LogP contribution in [0.1, 0.15) is 42.1 Å². The molecule has 146 valence electrons. The Morgan fingerprint density at radius 2 is 1.93 bits per heavy atom. The van der Waals surface area contributed by atoms with Crippen LogP contribution in [0.25, 0.3) is 5.65 Å². The molecule has 6 heteroatoms. The first-order valence-corrected chi connectivity index (χ1v) is 9.89. The van der Waals surface area contributed by atoms with Gasteiger partial charge in [-0.25, -0.2) is 0 Å². The predicted octanol–water partition coefficient (Wildman–Crippen LogP) is 3.52. The molecule has 0 spiro atoms. The molecule has 1 aromatic carbocycles. The van der Waals surface area contributed by atoms with Gasteiger partial charge in [0.2, 0.25) is 5.91 Å². The molecule has 1 aliphatic rings. The molecule has 1 saturated heterocycles. The maximum absolute atomic E-state index is 12.5. The number of benzene rings is 1. The Morgan fingerprint density at radius 3 is 2.71 bits per heavy atom. The Morgan fingerprint density at radius 1 is 1.11 bits per heavy atom. The molecule has 3 heterocycles. The minimum Gasteiger partial charge on any atom is -0.493 e. The number of hydrogen-bond acceptors (Lipinski definition) is 4. The second-order valence-electron chi connectivity index (χ2n) is 7.49. The first-order chi connectivity index (χ1) is 13.6. The standard InChI is InChI=1S/C22H26N4O2/c1-16-6-7-19(15-17(16)2)28-14-10-21(27)25-12-8-18(9-13-25)22-24-23-20-5-3-4-11-26(20)22/h3-7,11,15,18H,8-10,12-14H2,1-2H3. The van der Waals surface area contributed by atoms with E-state index in [1.54, 1.807) is 0 Å². The molecule has 0 N–H and O–H groups in total. The van der Waals surface area contributed by atoms with Crippen molar-refractivity contribution in [1.82, 2.24) is 19.5 Å². The maximum Gasteiger partial charge on any atom is 0.225 e. The zero-order valence-corrected chi connectivity index (χ0v) is 16.5. The monoisotopic (exact) mass is 378 g/mol. The van der Waals surface area contributed by atoms with Gasteiger partial charge in [-0.3, -0.25) is 9.20 Å². The highest BCUT2D eigenvalue weighted by molar-refractivity contribution is 5.76. The fourth-order valence-electron chi connectivity index (χ4n) is 3.74. The van der Waals surface area contributed by atoms with Crippen molar-refractivity contribution in [2.45, 2.75) is 39.0 Å². The van der Waals surface area contributed by atoms with Crippen LogP contribution in [0.15, 0.2) is 42.6 Å². The minimum absolute atomic E-state index is 0.161. The summed E-state index contributed by atoms with van der Waals surface area (Å²) in [5.41, 5.74) is 3.32. The van der Waals surface area contributed by atoms with E-state index in [0.717, 1.165) is 43.2 Å². The summed E-state index contributed by atoms with van der Waals surface area (Å²) in [5, 5.41) is 8.62. The van der Waals surface area contributed by atoms with Gasteiger partial charge in [-0.05, 0) is 62.1 Å². The van der Waals surface area contributed by atoms with Crippen molar-refractivity contribution >= 4 is 11.6 Å². The van der Waals surface area contributed by atoms with E-state index in [-0.39, 0.29) is 5.91 Å². The molecule has 0 bridgehead atoms. The van der Waals surface area contributed by atoms with Gasteiger partial charge < -0.3 is 9.64 Å². The number of hydrogen-bond donors (Lipinski definition) is 0. The lowest BCUT2D eigenvalue weighted by Crippen LogP contribution is -2.38. The third-order valence-corrected chi connectivity index (χ3v) is 5.62. The average molecular weight is 378 g/mol. The summed E-state index contributed by atoms with van der Waals surface area (Å²) in [7, 11) is 0. The molecule has 0 saturated carbocycles. The van der Waals surface area contributed by atoms with E-state index in [1.165, 1.54) is 11.1 Å². The van der Waals surface area contributed by atoms with Crippen LogP contribution in [-0.4, -0.2) is 45.1 Å². The molecular weight excluding hydrogens is 352 g/mol. The van der Waals surface area contributed by atoms with Crippen LogP contribution < -0.4 is 4.74 Å². The normalized spacial score (nSPS) is 15.1. The fraction of sp³-hybridized carbons (Fsp3) is 0.409. The van der Waals surface area contributed by atoms with Crippen molar-refractivity contribution in [3.63, 3.8) is 0 Å². The van der Waals surface area contributed by atoms with E-state index in [9.17, 15) is 4.79 Å². The Labute approximate surface area is 165 Å². The van der Waals surface area contributed by atoms with Gasteiger partial charge in [0, 0.05) is 25.2 Å². The van der Waals surface area contributed by atoms with E-state index < -0.39 is 0 Å². The second-order valence-corrected chi connectivity index (χ2v) is 7.49. The molecule has 1 amide bonds. The maximum atomic E-state index is 12.5. The third-order valence-electron chi connectivity index (χ3n) is 5.62. The summed E-state index contributed by atoms with van der Waals surface area (Å²) in [6.07, 6.45) is 4.25. The molecule has 4 rings (SSSR count). The van der Waals surface area contributed by atoms with Crippen molar-refractivity contribution < 1.29 is 9.53 Å². The quantitative estimate of drug-likeness (QED) is 0.682. The lowest BCUT2D eigenvalue weighted by Gasteiger charge is -2.31. The molecule has 0 radical (unpaired) electrons. The van der Waals surface area contributed by atoms with Gasteiger partial charge in [-0.1, -0.05) is 12.1 Å². The van der Waals surface area contributed by atoms with Crippen molar-refractivity contribution in [3.05, 3.63) is 59.5 Å². The summed E-state index contributed by atoms with van der Waals surface area (Å²) in [5.74, 6) is 2.33. The van der Waals surface area contributed by atoms with Crippen LogP contribution in [-0.2, 0) is 4.79 Å². The second kappa shape index (κ2) is 8.00. The van der Waals surface area contributed by atoms with Crippen molar-refractivity contribution in [2.75, 3.05) is 19.7 Å². The van der Waals surface area contributed by atoms with Crippen LogP contribution in [0.5, 0.6) is 5.75 Å². The van der Waals surface area contributed by atoms with E-state index in [0.29, 0.717) is 18.9 Å². The summed E-state index contributed by atoms with van der Waals surface area (Å²) in [6.45, 7) is 6.07. The number of fused-ring (bicyclic) bond motifs is 1. The molecule has 0 unspecified atom stereocenters. The molecular formula is C22H26N4O2. The number of nitrogens with zero attached hydrogens (tertiary/aromatic N) is 4. The van der Waals surface area contributed by atoms with Gasteiger partial charge in [0.1, 0.15) is 11.6 Å². The zero-order chi connectivity index (χ0) is 19.5. The number of piperidine rings is 1. The topological polar surface area (TPSA) is 59.7 Å². The van der Waals surface area contributed by atoms with Gasteiger partial charge >= 0.3 is 0 Å². The summed E-state index contributed by atoms with van der Waals surface area (Å²) in [4.78, 5) is 14.5. The molecule has 3 aromatic rings. The number of pyridine rings is 1. The van der Waals surface area contributed by atoms with Crippen molar-refractivity contribution in [3.8, 4) is 5.75 Å². The van der Waals surface area contributed by atoms with Crippen LogP contribution in [0.2, 0.25) is 0 Å². The molecule has 1 aliphatic heterocycles. The third kappa shape index (κ3) is 3.86. The van der Waals surface area contributed by atoms with Crippen LogP contribution in [0.4, 0.5) is 0 Å². The van der Waals surface area contributed by atoms with E-state index >= 15 is 0 Å². The Kier molecular flexibility index (Phi) is 5.28. The average Bonchev–Trinajstić information content (AvgIpc) is 3.15. The van der Waals surface area contributed by atoms with E-state index in [2.05, 4.69) is 28.4 Å². The van der Waals surface area contributed by atoms with Gasteiger partial charge in [-0.15, -0.1) is 10.2 Å². The molecule has 0 aliphatic carbocycles. The van der Waals surface area contributed by atoms with Crippen LogP contribution in [0, 0.1) is 13.8 Å². The minimum atomic E-state index is 0.161. The molecule has 28 heavy (non-hydrogen) atoms. The van der Waals surface area contributed by atoms with E-state index in [1.807, 2.05) is 47.5 Å². The number of amides is 1. The van der Waals surface area contributed by atoms with Gasteiger partial charge in [-0.2, -0.15) is 0 Å². The number of ether oxygens (including phenoxy) is 1. The van der Waals surface area contributed by atoms with E-state index in [4.69, 9.17) is 4.74 Å². The van der Waals surface area contributed by atoms with Crippen molar-refractivity contribution in [2.24, 2.45) is 0 Å². The van der Waals surface area contributed by atoms with Gasteiger partial charge in [0.15, 0.2) is 5.65 Å². The molecule has 6 nitrogen and oxygen atoms in total. The highest BCUT2D eigenvalue weighted by Gasteiger charge is 2.26. The van der Waals surface area contributed by atoms with Crippen LogP contribution >= 0.6 is 0 Å². The number of carbonyl (C=O) groups excluding carboxylic acids is 1. The number of rotatable bonds is 5. The Hall–Kier alpha value is -2.89. The molecule has 1 fully saturated rings. The zero-order valence-electron chi connectivity index (χ0n) is 16.5. The summed E-state index contributed by atoms with van der Waals surface area (Å²) < 4.78 is 7.82. The van der Waals surface area contributed by atoms with Gasteiger partial charge in [0.25, 0.3) is 0 Å². The fourth-order valence-corrected chi connectivity index (χ4v) is 3.74. The van der Waals surface area contributed by atoms with Gasteiger partial charge in [0.05, 0.1) is 13.0 Å². The Bertz CT molecular complexity index is 974. The number of likely N-dealkylation sites (tertiary alicyclic amines) is 1. The molecule has 0 atom stereocenters. The smallest absolute Gasteiger partial charge is 0.225 e. The number of carbonyl (C=O) groups is 1. The number of aryl methyl sites for hydroxylation is 2. The summed E-state index contributed by atoms with van der Waals surface area (Å²) >= 11 is 0. The lowest BCUT2D eigenvalue weighted by molar-refractivity contribution is -0.132. The summed E-state index contributed by atoms with van der Waals surface area (Å²) in [6, 6.07) is 12.0. The highest BCUT2D eigenvalue weighted by Crippen LogP contribution is 2.27. The predicted molar refractivity (Wildman–Crippen MR) is 108 cm³/mol.